The highest BCUT2D eigenvalue weighted by Crippen LogP contribution is 2.44. The fourth-order valence-electron chi connectivity index (χ4n) is 4.12. The summed E-state index contributed by atoms with van der Waals surface area (Å²) in [7, 11) is 0. The van der Waals surface area contributed by atoms with Gasteiger partial charge in [0.2, 0.25) is 11.8 Å². The number of carbonyl (C=O) groups excluding carboxylic acids is 1. The standard InChI is InChI=1S/C18H22F2N2O3/c19-18(20)9-13(10-18)17(23)22-7-8-24-15-2-1-14(22)16(15)25-11-12-3-5-21-6-4-12/h3-6,13-16H,1-2,7-11H2. The minimum absolute atomic E-state index is 0.0348. The van der Waals surface area contributed by atoms with Crippen LogP contribution in [0.1, 0.15) is 31.2 Å². The maximum atomic E-state index is 13.1. The van der Waals surface area contributed by atoms with Crippen LogP contribution in [0.2, 0.25) is 0 Å². The molecular weight excluding hydrogens is 330 g/mol. The highest BCUT2D eigenvalue weighted by molar-refractivity contribution is 5.80. The summed E-state index contributed by atoms with van der Waals surface area (Å²) in [5.74, 6) is -3.41. The molecule has 1 saturated heterocycles. The highest BCUT2D eigenvalue weighted by Gasteiger charge is 2.52. The quantitative estimate of drug-likeness (QED) is 0.835. The zero-order valence-electron chi connectivity index (χ0n) is 13.9. The molecule has 1 aromatic heterocycles. The van der Waals surface area contributed by atoms with Crippen molar-refractivity contribution < 1.29 is 23.0 Å². The normalized spacial score (nSPS) is 31.4. The lowest BCUT2D eigenvalue weighted by atomic mass is 9.80. The molecule has 1 aliphatic heterocycles. The molecule has 7 heteroatoms. The van der Waals surface area contributed by atoms with Gasteiger partial charge in [-0.05, 0) is 30.5 Å². The molecule has 1 aromatic rings. The number of hydrogen-bond donors (Lipinski definition) is 0. The number of fused-ring (bicyclic) bond motifs is 2. The lowest BCUT2D eigenvalue weighted by molar-refractivity contribution is -0.163. The van der Waals surface area contributed by atoms with Crippen molar-refractivity contribution in [2.45, 2.75) is 56.5 Å². The number of aromatic nitrogens is 1. The first kappa shape index (κ1) is 16.8. The Balaban J connectivity index is 1.44. The third-order valence-electron chi connectivity index (χ3n) is 5.47. The number of hydrogen-bond acceptors (Lipinski definition) is 4. The molecule has 4 rings (SSSR count). The largest absolute Gasteiger partial charge is 0.374 e. The summed E-state index contributed by atoms with van der Waals surface area (Å²) in [6, 6.07) is 3.69. The van der Waals surface area contributed by atoms with Crippen molar-refractivity contribution in [3.63, 3.8) is 0 Å². The predicted octanol–water partition coefficient (Wildman–Crippen LogP) is 2.40. The van der Waals surface area contributed by atoms with Crippen LogP contribution in [-0.2, 0) is 20.9 Å². The van der Waals surface area contributed by atoms with Crippen LogP contribution in [0.4, 0.5) is 8.78 Å². The summed E-state index contributed by atoms with van der Waals surface area (Å²) in [4.78, 5) is 18.4. The molecule has 0 N–H and O–H groups in total. The third-order valence-corrected chi connectivity index (χ3v) is 5.47. The second kappa shape index (κ2) is 6.61. The second-order valence-electron chi connectivity index (χ2n) is 7.18. The molecular formula is C18H22F2N2O3. The lowest BCUT2D eigenvalue weighted by Crippen LogP contribution is -2.52. The van der Waals surface area contributed by atoms with Crippen LogP contribution in [0.15, 0.2) is 24.5 Å². The number of rotatable bonds is 4. The van der Waals surface area contributed by atoms with E-state index in [0.717, 1.165) is 18.4 Å². The van der Waals surface area contributed by atoms with Gasteiger partial charge in [-0.3, -0.25) is 9.78 Å². The summed E-state index contributed by atoms with van der Waals surface area (Å²) in [6.45, 7) is 1.31. The van der Waals surface area contributed by atoms with Crippen LogP contribution in [-0.4, -0.2) is 53.1 Å². The summed E-state index contributed by atoms with van der Waals surface area (Å²) in [6.07, 6.45) is 4.14. The van der Waals surface area contributed by atoms with Gasteiger partial charge in [-0.2, -0.15) is 0 Å². The number of nitrogens with zero attached hydrogens (tertiary/aromatic N) is 2. The molecule has 3 unspecified atom stereocenters. The molecule has 0 radical (unpaired) electrons. The Bertz CT molecular complexity index is 620. The van der Waals surface area contributed by atoms with Crippen LogP contribution < -0.4 is 0 Å². The molecule has 2 aliphatic carbocycles. The molecule has 2 bridgehead atoms. The number of pyridine rings is 1. The molecule has 5 nitrogen and oxygen atoms in total. The van der Waals surface area contributed by atoms with Crippen molar-refractivity contribution in [2.24, 2.45) is 5.92 Å². The van der Waals surface area contributed by atoms with Gasteiger partial charge in [-0.1, -0.05) is 0 Å². The summed E-state index contributed by atoms with van der Waals surface area (Å²) < 4.78 is 38.2. The van der Waals surface area contributed by atoms with Gasteiger partial charge in [-0.25, -0.2) is 8.78 Å². The van der Waals surface area contributed by atoms with E-state index in [2.05, 4.69) is 4.98 Å². The van der Waals surface area contributed by atoms with E-state index >= 15 is 0 Å². The van der Waals surface area contributed by atoms with Gasteiger partial charge in [0.15, 0.2) is 0 Å². The molecule has 2 heterocycles. The van der Waals surface area contributed by atoms with Crippen LogP contribution in [0.3, 0.4) is 0 Å². The van der Waals surface area contributed by atoms with Crippen LogP contribution >= 0.6 is 0 Å². The molecule has 1 amide bonds. The molecule has 2 saturated carbocycles. The Morgan fingerprint density at radius 2 is 2.08 bits per heavy atom. The van der Waals surface area contributed by atoms with Gasteiger partial charge in [0.1, 0.15) is 6.10 Å². The number of alkyl halides is 2. The van der Waals surface area contributed by atoms with Gasteiger partial charge in [0, 0.05) is 37.7 Å². The number of halogens is 2. The Hall–Kier alpha value is -1.60. The van der Waals surface area contributed by atoms with Gasteiger partial charge < -0.3 is 14.4 Å². The number of ether oxygens (including phenoxy) is 2. The van der Waals surface area contributed by atoms with Crippen molar-refractivity contribution in [1.82, 2.24) is 9.88 Å². The molecule has 3 fully saturated rings. The first-order valence-electron chi connectivity index (χ1n) is 8.84. The summed E-state index contributed by atoms with van der Waals surface area (Å²) in [5, 5.41) is 0. The number of amides is 1. The van der Waals surface area contributed by atoms with E-state index in [-0.39, 0.29) is 37.0 Å². The zero-order chi connectivity index (χ0) is 17.4. The fourth-order valence-corrected chi connectivity index (χ4v) is 4.12. The molecule has 3 aliphatic rings. The molecule has 25 heavy (non-hydrogen) atoms. The van der Waals surface area contributed by atoms with Crippen LogP contribution in [0.5, 0.6) is 0 Å². The van der Waals surface area contributed by atoms with Crippen LogP contribution in [0, 0.1) is 5.92 Å². The van der Waals surface area contributed by atoms with Crippen molar-refractivity contribution in [1.29, 1.82) is 0 Å². The molecule has 0 spiro atoms. The van der Waals surface area contributed by atoms with E-state index in [1.807, 2.05) is 12.1 Å². The molecule has 0 aromatic carbocycles. The van der Waals surface area contributed by atoms with Crippen molar-refractivity contribution >= 4 is 5.91 Å². The lowest BCUT2D eigenvalue weighted by Gasteiger charge is -2.39. The van der Waals surface area contributed by atoms with Gasteiger partial charge in [0.05, 0.1) is 25.4 Å². The first-order valence-corrected chi connectivity index (χ1v) is 8.84. The first-order chi connectivity index (χ1) is 12.0. The van der Waals surface area contributed by atoms with E-state index in [1.165, 1.54) is 0 Å². The minimum atomic E-state index is -2.68. The average molecular weight is 352 g/mol. The van der Waals surface area contributed by atoms with E-state index in [1.54, 1.807) is 17.3 Å². The van der Waals surface area contributed by atoms with Gasteiger partial charge in [-0.15, -0.1) is 0 Å². The zero-order valence-corrected chi connectivity index (χ0v) is 13.9. The van der Waals surface area contributed by atoms with Crippen LogP contribution in [0.25, 0.3) is 0 Å². The Morgan fingerprint density at radius 1 is 1.32 bits per heavy atom. The maximum Gasteiger partial charge on any atom is 0.249 e. The van der Waals surface area contributed by atoms with Crippen molar-refractivity contribution in [2.75, 3.05) is 13.2 Å². The average Bonchev–Trinajstić information content (AvgIpc) is 2.86. The predicted molar refractivity (Wildman–Crippen MR) is 85.0 cm³/mol. The van der Waals surface area contributed by atoms with E-state index < -0.39 is 11.8 Å². The smallest absolute Gasteiger partial charge is 0.249 e. The second-order valence-corrected chi connectivity index (χ2v) is 7.18. The minimum Gasteiger partial charge on any atom is -0.374 e. The third kappa shape index (κ3) is 3.40. The fraction of sp³-hybridized carbons (Fsp3) is 0.667. The highest BCUT2D eigenvalue weighted by atomic mass is 19.3. The number of carbonyl (C=O) groups is 1. The van der Waals surface area contributed by atoms with E-state index in [0.29, 0.717) is 19.8 Å². The van der Waals surface area contributed by atoms with E-state index in [9.17, 15) is 13.6 Å². The molecule has 3 atom stereocenters. The van der Waals surface area contributed by atoms with Gasteiger partial charge >= 0.3 is 0 Å². The topological polar surface area (TPSA) is 51.7 Å². The Morgan fingerprint density at radius 3 is 2.80 bits per heavy atom. The van der Waals surface area contributed by atoms with Crippen molar-refractivity contribution in [3.05, 3.63) is 30.1 Å². The SMILES string of the molecule is O=C(C1CC(F)(F)C1)N1CCOC2CCC1C2OCc1ccncc1. The Kier molecular flexibility index (Phi) is 4.45. The summed E-state index contributed by atoms with van der Waals surface area (Å²) in [5.41, 5.74) is 1.01. The van der Waals surface area contributed by atoms with Gasteiger partial charge in [0.25, 0.3) is 0 Å². The maximum absolute atomic E-state index is 13.1. The van der Waals surface area contributed by atoms with Crippen molar-refractivity contribution in [3.8, 4) is 0 Å². The van der Waals surface area contributed by atoms with E-state index in [4.69, 9.17) is 9.47 Å². The Labute approximate surface area is 145 Å². The monoisotopic (exact) mass is 352 g/mol. The summed E-state index contributed by atoms with van der Waals surface area (Å²) >= 11 is 0. The molecule has 136 valence electrons.